The standard InChI is InChI=1S/C26H29NO6/c1-3-12-31-21-7-4-19(15-23(21)29-2)5-9-25(28)27-17-26(10-13-30-14-11-26)20-6-8-22-24(16-20)33-18-32-22/h3-9,15-16H,1,10-14,17-18H2,2H3,(H,27,28)/b9-5+. The molecule has 174 valence electrons. The molecule has 0 unspecified atom stereocenters. The van der Waals surface area contributed by atoms with Gasteiger partial charge in [-0.05, 0) is 54.3 Å². The number of carbonyl (C=O) groups is 1. The third kappa shape index (κ3) is 5.31. The lowest BCUT2D eigenvalue weighted by molar-refractivity contribution is -0.116. The maximum atomic E-state index is 12.6. The molecule has 0 aliphatic carbocycles. The van der Waals surface area contributed by atoms with Crippen molar-refractivity contribution in [1.29, 1.82) is 0 Å². The van der Waals surface area contributed by atoms with Gasteiger partial charge in [-0.3, -0.25) is 4.79 Å². The molecule has 0 spiro atoms. The van der Waals surface area contributed by atoms with E-state index in [1.165, 1.54) is 6.08 Å². The van der Waals surface area contributed by atoms with Gasteiger partial charge in [-0.15, -0.1) is 0 Å². The zero-order valence-electron chi connectivity index (χ0n) is 18.8. The van der Waals surface area contributed by atoms with Gasteiger partial charge in [0.2, 0.25) is 12.7 Å². The first-order valence-electron chi connectivity index (χ1n) is 11.0. The van der Waals surface area contributed by atoms with Crippen molar-refractivity contribution >= 4 is 12.0 Å². The minimum atomic E-state index is -0.212. The molecular formula is C26H29NO6. The summed E-state index contributed by atoms with van der Waals surface area (Å²) in [4.78, 5) is 12.6. The van der Waals surface area contributed by atoms with Gasteiger partial charge in [0, 0.05) is 31.2 Å². The molecule has 2 aromatic carbocycles. The molecule has 0 atom stereocenters. The minimum absolute atomic E-state index is 0.160. The molecule has 2 aliphatic heterocycles. The zero-order valence-corrected chi connectivity index (χ0v) is 18.8. The summed E-state index contributed by atoms with van der Waals surface area (Å²) >= 11 is 0. The summed E-state index contributed by atoms with van der Waals surface area (Å²) in [5.41, 5.74) is 1.75. The van der Waals surface area contributed by atoms with Crippen LogP contribution in [0.2, 0.25) is 0 Å². The van der Waals surface area contributed by atoms with Crippen molar-refractivity contribution in [2.75, 3.05) is 40.3 Å². The van der Waals surface area contributed by atoms with Crippen LogP contribution in [0.4, 0.5) is 0 Å². The number of amides is 1. The number of fused-ring (bicyclic) bond motifs is 1. The molecule has 1 saturated heterocycles. The first-order chi connectivity index (χ1) is 16.1. The molecule has 1 N–H and O–H groups in total. The van der Waals surface area contributed by atoms with Crippen molar-refractivity contribution < 1.29 is 28.5 Å². The van der Waals surface area contributed by atoms with Crippen LogP contribution in [0.3, 0.4) is 0 Å². The summed E-state index contributed by atoms with van der Waals surface area (Å²) in [7, 11) is 1.58. The van der Waals surface area contributed by atoms with Crippen molar-refractivity contribution in [2.24, 2.45) is 0 Å². The summed E-state index contributed by atoms with van der Waals surface area (Å²) in [6, 6.07) is 11.5. The van der Waals surface area contributed by atoms with Crippen LogP contribution >= 0.6 is 0 Å². The van der Waals surface area contributed by atoms with Crippen molar-refractivity contribution in [1.82, 2.24) is 5.32 Å². The van der Waals surface area contributed by atoms with E-state index in [2.05, 4.69) is 18.0 Å². The summed E-state index contributed by atoms with van der Waals surface area (Å²) in [5.74, 6) is 2.57. The second-order valence-corrected chi connectivity index (χ2v) is 8.02. The number of hydrogen-bond acceptors (Lipinski definition) is 6. The van der Waals surface area contributed by atoms with Crippen molar-refractivity contribution in [3.8, 4) is 23.0 Å². The van der Waals surface area contributed by atoms with E-state index < -0.39 is 0 Å². The Labute approximate surface area is 193 Å². The maximum Gasteiger partial charge on any atom is 0.244 e. The average Bonchev–Trinajstić information content (AvgIpc) is 3.34. The third-order valence-electron chi connectivity index (χ3n) is 6.01. The molecule has 2 aromatic rings. The summed E-state index contributed by atoms with van der Waals surface area (Å²) in [5, 5.41) is 3.08. The number of hydrogen-bond donors (Lipinski definition) is 1. The van der Waals surface area contributed by atoms with Crippen LogP contribution in [0, 0.1) is 0 Å². The number of benzene rings is 2. The predicted octanol–water partition coefficient (Wildman–Crippen LogP) is 3.87. The van der Waals surface area contributed by atoms with Gasteiger partial charge < -0.3 is 29.0 Å². The Morgan fingerprint density at radius 2 is 1.94 bits per heavy atom. The highest BCUT2D eigenvalue weighted by Crippen LogP contribution is 2.40. The fourth-order valence-electron chi connectivity index (χ4n) is 4.10. The fraction of sp³-hybridized carbons (Fsp3) is 0.346. The smallest absolute Gasteiger partial charge is 0.244 e. The molecule has 33 heavy (non-hydrogen) atoms. The lowest BCUT2D eigenvalue weighted by atomic mass is 9.74. The highest BCUT2D eigenvalue weighted by Gasteiger charge is 2.35. The molecule has 2 aliphatic rings. The van der Waals surface area contributed by atoms with Crippen LogP contribution in [0.15, 0.2) is 55.1 Å². The van der Waals surface area contributed by atoms with Gasteiger partial charge in [-0.25, -0.2) is 0 Å². The average molecular weight is 452 g/mol. The highest BCUT2D eigenvalue weighted by atomic mass is 16.7. The Bertz CT molecular complexity index is 1030. The van der Waals surface area contributed by atoms with Gasteiger partial charge in [-0.2, -0.15) is 0 Å². The largest absolute Gasteiger partial charge is 0.493 e. The number of rotatable bonds is 9. The molecule has 4 rings (SSSR count). The number of methoxy groups -OCH3 is 1. The molecule has 1 fully saturated rings. The van der Waals surface area contributed by atoms with Gasteiger partial charge in [0.1, 0.15) is 6.61 Å². The van der Waals surface area contributed by atoms with Crippen molar-refractivity contribution in [2.45, 2.75) is 18.3 Å². The van der Waals surface area contributed by atoms with Crippen LogP contribution in [0.1, 0.15) is 24.0 Å². The molecule has 0 bridgehead atoms. The van der Waals surface area contributed by atoms with Gasteiger partial charge in [0.25, 0.3) is 0 Å². The first kappa shape index (κ1) is 22.7. The second-order valence-electron chi connectivity index (χ2n) is 8.02. The topological polar surface area (TPSA) is 75.3 Å². The van der Waals surface area contributed by atoms with E-state index in [9.17, 15) is 4.79 Å². The Kier molecular flexibility index (Phi) is 7.19. The van der Waals surface area contributed by atoms with Crippen LogP contribution in [-0.2, 0) is 14.9 Å². The van der Waals surface area contributed by atoms with E-state index in [0.29, 0.717) is 37.9 Å². The number of nitrogens with one attached hydrogen (secondary N) is 1. The minimum Gasteiger partial charge on any atom is -0.493 e. The summed E-state index contributed by atoms with van der Waals surface area (Å²) in [6.45, 7) is 6.10. The molecule has 1 amide bonds. The van der Waals surface area contributed by atoms with Crippen LogP contribution < -0.4 is 24.3 Å². The monoisotopic (exact) mass is 451 g/mol. The van der Waals surface area contributed by atoms with Gasteiger partial charge in [0.15, 0.2) is 23.0 Å². The van der Waals surface area contributed by atoms with Crippen LogP contribution in [0.5, 0.6) is 23.0 Å². The fourth-order valence-corrected chi connectivity index (χ4v) is 4.10. The Morgan fingerprint density at radius 1 is 1.12 bits per heavy atom. The van der Waals surface area contributed by atoms with Crippen LogP contribution in [-0.4, -0.2) is 46.2 Å². The van der Waals surface area contributed by atoms with E-state index >= 15 is 0 Å². The SMILES string of the molecule is C=CCOc1ccc(/C=C/C(=O)NCC2(c3ccc4c(c3)OCO4)CCOCC2)cc1OC. The van der Waals surface area contributed by atoms with E-state index in [-0.39, 0.29) is 18.1 Å². The van der Waals surface area contributed by atoms with Gasteiger partial charge in [-0.1, -0.05) is 24.8 Å². The molecule has 7 heteroatoms. The molecule has 0 aromatic heterocycles. The lowest BCUT2D eigenvalue weighted by Crippen LogP contribution is -2.44. The first-order valence-corrected chi connectivity index (χ1v) is 11.0. The quantitative estimate of drug-likeness (QED) is 0.461. The molecule has 0 radical (unpaired) electrons. The summed E-state index contributed by atoms with van der Waals surface area (Å²) < 4.78 is 27.6. The Hall–Kier alpha value is -3.45. The van der Waals surface area contributed by atoms with Crippen LogP contribution in [0.25, 0.3) is 6.08 Å². The zero-order chi connectivity index (χ0) is 23.1. The van der Waals surface area contributed by atoms with E-state index in [1.54, 1.807) is 19.3 Å². The Balaban J connectivity index is 1.43. The Morgan fingerprint density at radius 3 is 2.73 bits per heavy atom. The molecule has 2 heterocycles. The van der Waals surface area contributed by atoms with Gasteiger partial charge >= 0.3 is 0 Å². The summed E-state index contributed by atoms with van der Waals surface area (Å²) in [6.07, 6.45) is 6.60. The number of carbonyl (C=O) groups excluding carboxylic acids is 1. The van der Waals surface area contributed by atoms with E-state index in [1.807, 2.05) is 30.3 Å². The normalized spacial score (nSPS) is 16.4. The third-order valence-corrected chi connectivity index (χ3v) is 6.01. The molecule has 7 nitrogen and oxygen atoms in total. The second kappa shape index (κ2) is 10.4. The predicted molar refractivity (Wildman–Crippen MR) is 125 cm³/mol. The lowest BCUT2D eigenvalue weighted by Gasteiger charge is -2.38. The maximum absolute atomic E-state index is 12.6. The van der Waals surface area contributed by atoms with Crippen molar-refractivity contribution in [3.63, 3.8) is 0 Å². The number of ether oxygens (including phenoxy) is 5. The highest BCUT2D eigenvalue weighted by molar-refractivity contribution is 5.91. The molecule has 0 saturated carbocycles. The van der Waals surface area contributed by atoms with E-state index in [4.69, 9.17) is 23.7 Å². The van der Waals surface area contributed by atoms with Gasteiger partial charge in [0.05, 0.1) is 7.11 Å². The van der Waals surface area contributed by atoms with E-state index in [0.717, 1.165) is 35.5 Å². The van der Waals surface area contributed by atoms with Crippen molar-refractivity contribution in [3.05, 3.63) is 66.3 Å². The molecular weight excluding hydrogens is 422 g/mol.